The van der Waals surface area contributed by atoms with Gasteiger partial charge in [0, 0.05) is 42.9 Å². The van der Waals surface area contributed by atoms with Gasteiger partial charge in [-0.25, -0.2) is 0 Å². The Hall–Kier alpha value is -0.190. The van der Waals surface area contributed by atoms with Crippen LogP contribution in [0.2, 0.25) is 5.02 Å². The van der Waals surface area contributed by atoms with E-state index in [1.807, 2.05) is 12.1 Å². The number of benzene rings is 1. The number of piperidine rings is 1. The van der Waals surface area contributed by atoms with Crippen LogP contribution in [0.5, 0.6) is 0 Å². The first kappa shape index (κ1) is 19.9. The molecule has 0 saturated carbocycles. The summed E-state index contributed by atoms with van der Waals surface area (Å²) in [5.74, 6) is 0. The molecule has 0 radical (unpaired) electrons. The monoisotopic (exact) mass is 365 g/mol. The van der Waals surface area contributed by atoms with Gasteiger partial charge in [-0.3, -0.25) is 4.90 Å². The van der Waals surface area contributed by atoms with Crippen LogP contribution in [-0.4, -0.2) is 50.2 Å². The van der Waals surface area contributed by atoms with Crippen molar-refractivity contribution in [3.63, 3.8) is 0 Å². The highest BCUT2D eigenvalue weighted by atomic mass is 35.5. The quantitative estimate of drug-likeness (QED) is 0.865. The molecule has 2 saturated heterocycles. The van der Waals surface area contributed by atoms with E-state index < -0.39 is 0 Å². The minimum atomic E-state index is 0. The zero-order valence-electron chi connectivity index (χ0n) is 12.8. The van der Waals surface area contributed by atoms with Crippen LogP contribution < -0.4 is 10.2 Å². The Bertz CT molecular complexity index is 411. The fourth-order valence-corrected chi connectivity index (χ4v) is 3.50. The molecule has 0 spiro atoms. The van der Waals surface area contributed by atoms with Crippen LogP contribution in [0.1, 0.15) is 19.3 Å². The van der Waals surface area contributed by atoms with Crippen molar-refractivity contribution in [1.29, 1.82) is 0 Å². The Labute approximate surface area is 151 Å². The number of rotatable bonds is 2. The standard InChI is InChI=1S/C16H24ClN3.2ClH/c17-14-2-4-15(5-3-14)20-11-6-16(7-12-20)19-10-1-8-18-9-13-19;;/h2-5,16,18H,1,6-13H2;2*1H. The molecule has 1 aromatic carbocycles. The average Bonchev–Trinajstić information content (AvgIpc) is 2.77. The zero-order valence-corrected chi connectivity index (χ0v) is 15.2. The highest BCUT2D eigenvalue weighted by Crippen LogP contribution is 2.24. The van der Waals surface area contributed by atoms with Crippen molar-refractivity contribution in [2.45, 2.75) is 25.3 Å². The van der Waals surface area contributed by atoms with Crippen molar-refractivity contribution in [1.82, 2.24) is 10.2 Å². The van der Waals surface area contributed by atoms with Gasteiger partial charge in [0.15, 0.2) is 0 Å². The van der Waals surface area contributed by atoms with E-state index in [2.05, 4.69) is 27.2 Å². The van der Waals surface area contributed by atoms with Gasteiger partial charge in [-0.1, -0.05) is 11.6 Å². The van der Waals surface area contributed by atoms with Crippen molar-refractivity contribution in [2.75, 3.05) is 44.2 Å². The van der Waals surface area contributed by atoms with Gasteiger partial charge >= 0.3 is 0 Å². The predicted octanol–water partition coefficient (Wildman–Crippen LogP) is 3.45. The van der Waals surface area contributed by atoms with Gasteiger partial charge in [0.05, 0.1) is 0 Å². The highest BCUT2D eigenvalue weighted by Gasteiger charge is 2.24. The normalized spacial score (nSPS) is 20.7. The summed E-state index contributed by atoms with van der Waals surface area (Å²) in [6, 6.07) is 9.03. The topological polar surface area (TPSA) is 18.5 Å². The van der Waals surface area contributed by atoms with Crippen LogP contribution in [0.3, 0.4) is 0 Å². The molecule has 0 aromatic heterocycles. The third-order valence-electron chi connectivity index (χ3n) is 4.55. The maximum atomic E-state index is 5.96. The molecule has 0 aliphatic carbocycles. The number of hydrogen-bond donors (Lipinski definition) is 1. The molecule has 1 aromatic rings. The van der Waals surface area contributed by atoms with Gasteiger partial charge in [0.1, 0.15) is 0 Å². The molecule has 0 atom stereocenters. The van der Waals surface area contributed by atoms with Crippen LogP contribution in [0.15, 0.2) is 24.3 Å². The van der Waals surface area contributed by atoms with Crippen LogP contribution in [0.4, 0.5) is 5.69 Å². The summed E-state index contributed by atoms with van der Waals surface area (Å²) in [7, 11) is 0. The Morgan fingerprint density at radius 3 is 2.27 bits per heavy atom. The number of nitrogens with one attached hydrogen (secondary N) is 1. The fraction of sp³-hybridized carbons (Fsp3) is 0.625. The summed E-state index contributed by atoms with van der Waals surface area (Å²) in [6.45, 7) is 7.13. The van der Waals surface area contributed by atoms with Crippen molar-refractivity contribution >= 4 is 42.1 Å². The summed E-state index contributed by atoms with van der Waals surface area (Å²) in [5, 5.41) is 4.31. The SMILES string of the molecule is Cl.Cl.Clc1ccc(N2CCC(N3CCCNCC3)CC2)cc1. The molecule has 3 nitrogen and oxygen atoms in total. The summed E-state index contributed by atoms with van der Waals surface area (Å²) in [4.78, 5) is 5.18. The van der Waals surface area contributed by atoms with Crippen LogP contribution in [0, 0.1) is 0 Å². The minimum absolute atomic E-state index is 0. The largest absolute Gasteiger partial charge is 0.371 e. The first-order valence-electron chi connectivity index (χ1n) is 7.78. The van der Waals surface area contributed by atoms with E-state index in [4.69, 9.17) is 11.6 Å². The molecule has 0 unspecified atom stereocenters. The average molecular weight is 367 g/mol. The van der Waals surface area contributed by atoms with Crippen LogP contribution >= 0.6 is 36.4 Å². The van der Waals surface area contributed by atoms with Gasteiger partial charge < -0.3 is 10.2 Å². The smallest absolute Gasteiger partial charge is 0.0407 e. The van der Waals surface area contributed by atoms with E-state index in [-0.39, 0.29) is 24.8 Å². The Kier molecular flexibility index (Phi) is 8.88. The van der Waals surface area contributed by atoms with E-state index in [0.717, 1.165) is 30.7 Å². The molecule has 2 heterocycles. The van der Waals surface area contributed by atoms with E-state index >= 15 is 0 Å². The van der Waals surface area contributed by atoms with E-state index in [1.165, 1.54) is 44.6 Å². The molecular formula is C16H26Cl3N3. The van der Waals surface area contributed by atoms with Crippen molar-refractivity contribution in [2.24, 2.45) is 0 Å². The first-order valence-corrected chi connectivity index (χ1v) is 8.16. The van der Waals surface area contributed by atoms with Crippen molar-refractivity contribution < 1.29 is 0 Å². The Morgan fingerprint density at radius 2 is 1.59 bits per heavy atom. The summed E-state index contributed by atoms with van der Waals surface area (Å²) < 4.78 is 0. The molecule has 1 N–H and O–H groups in total. The second-order valence-corrected chi connectivity index (χ2v) is 6.27. The lowest BCUT2D eigenvalue weighted by Crippen LogP contribution is -2.46. The van der Waals surface area contributed by atoms with Gasteiger partial charge in [0.2, 0.25) is 0 Å². The van der Waals surface area contributed by atoms with Gasteiger partial charge in [-0.2, -0.15) is 0 Å². The predicted molar refractivity (Wildman–Crippen MR) is 100 cm³/mol. The van der Waals surface area contributed by atoms with E-state index in [9.17, 15) is 0 Å². The van der Waals surface area contributed by atoms with Gasteiger partial charge in [-0.05, 0) is 56.6 Å². The molecule has 2 aliphatic rings. The zero-order chi connectivity index (χ0) is 13.8. The fourth-order valence-electron chi connectivity index (χ4n) is 3.37. The van der Waals surface area contributed by atoms with Gasteiger partial charge in [-0.15, -0.1) is 24.8 Å². The lowest BCUT2D eigenvalue weighted by atomic mass is 10.0. The third kappa shape index (κ3) is 5.17. The third-order valence-corrected chi connectivity index (χ3v) is 4.80. The lowest BCUT2D eigenvalue weighted by molar-refractivity contribution is 0.180. The molecule has 2 fully saturated rings. The highest BCUT2D eigenvalue weighted by molar-refractivity contribution is 6.30. The maximum absolute atomic E-state index is 5.96. The number of nitrogens with zero attached hydrogens (tertiary/aromatic N) is 2. The molecule has 2 aliphatic heterocycles. The first-order chi connectivity index (χ1) is 9.83. The minimum Gasteiger partial charge on any atom is -0.371 e. The molecule has 126 valence electrons. The van der Waals surface area contributed by atoms with E-state index in [0.29, 0.717) is 0 Å². The number of anilines is 1. The van der Waals surface area contributed by atoms with Crippen molar-refractivity contribution in [3.05, 3.63) is 29.3 Å². The van der Waals surface area contributed by atoms with Crippen LogP contribution in [0.25, 0.3) is 0 Å². The maximum Gasteiger partial charge on any atom is 0.0407 e. The van der Waals surface area contributed by atoms with Crippen LogP contribution in [-0.2, 0) is 0 Å². The second kappa shape index (κ2) is 9.84. The van der Waals surface area contributed by atoms with E-state index in [1.54, 1.807) is 0 Å². The summed E-state index contributed by atoms with van der Waals surface area (Å²) >= 11 is 5.96. The molecule has 3 rings (SSSR count). The lowest BCUT2D eigenvalue weighted by Gasteiger charge is -2.39. The number of hydrogen-bond acceptors (Lipinski definition) is 3. The molecule has 6 heteroatoms. The number of halogens is 3. The Balaban J connectivity index is 0.00000121. The van der Waals surface area contributed by atoms with Gasteiger partial charge in [0.25, 0.3) is 0 Å². The molecule has 0 amide bonds. The molecule has 0 bridgehead atoms. The summed E-state index contributed by atoms with van der Waals surface area (Å²) in [5.41, 5.74) is 1.31. The second-order valence-electron chi connectivity index (χ2n) is 5.83. The molecule has 22 heavy (non-hydrogen) atoms. The summed E-state index contributed by atoms with van der Waals surface area (Å²) in [6.07, 6.45) is 3.85. The van der Waals surface area contributed by atoms with Crippen molar-refractivity contribution in [3.8, 4) is 0 Å². The Morgan fingerprint density at radius 1 is 0.909 bits per heavy atom. The molecular weight excluding hydrogens is 341 g/mol.